The fourth-order valence-electron chi connectivity index (χ4n) is 2.02. The van der Waals surface area contributed by atoms with E-state index in [1.807, 2.05) is 18.2 Å². The lowest BCUT2D eigenvalue weighted by molar-refractivity contribution is -0.137. The molecule has 0 radical (unpaired) electrons. The second-order valence-electron chi connectivity index (χ2n) is 5.99. The Balaban J connectivity index is 2.12. The van der Waals surface area contributed by atoms with Gasteiger partial charge in [0.1, 0.15) is 0 Å². The third-order valence-corrected chi connectivity index (χ3v) is 3.30. The van der Waals surface area contributed by atoms with E-state index in [4.69, 9.17) is 20.3 Å². The van der Waals surface area contributed by atoms with Gasteiger partial charge in [0, 0.05) is 17.9 Å². The molecule has 1 atom stereocenters. The van der Waals surface area contributed by atoms with E-state index in [1.165, 1.54) is 0 Å². The van der Waals surface area contributed by atoms with Crippen molar-refractivity contribution in [2.24, 2.45) is 11.1 Å². The number of fused-ring (bicyclic) bond motifs is 1. The molecule has 2 rings (SSSR count). The van der Waals surface area contributed by atoms with E-state index >= 15 is 0 Å². The molecule has 1 aromatic carbocycles. The Bertz CT molecular complexity index is 499. The monoisotopic (exact) mass is 279 g/mol. The fraction of sp³-hybridized carbons (Fsp3) is 0.533. The van der Waals surface area contributed by atoms with Crippen LogP contribution in [0.3, 0.4) is 0 Å². The molecule has 0 aliphatic carbocycles. The first-order chi connectivity index (χ1) is 9.37. The van der Waals surface area contributed by atoms with E-state index in [-0.39, 0.29) is 17.9 Å². The SMILES string of the molecule is CC1(C)COc2ccc(C(N)CCC(=O)O)cc2OC1. The van der Waals surface area contributed by atoms with Crippen molar-refractivity contribution < 1.29 is 19.4 Å². The van der Waals surface area contributed by atoms with Crippen molar-refractivity contribution in [3.63, 3.8) is 0 Å². The molecular formula is C15H21NO4. The molecule has 0 amide bonds. The van der Waals surface area contributed by atoms with E-state index in [0.29, 0.717) is 31.1 Å². The molecule has 1 unspecified atom stereocenters. The van der Waals surface area contributed by atoms with Crippen molar-refractivity contribution in [3.05, 3.63) is 23.8 Å². The number of nitrogens with two attached hydrogens (primary N) is 1. The van der Waals surface area contributed by atoms with E-state index in [0.717, 1.165) is 5.56 Å². The highest BCUT2D eigenvalue weighted by Crippen LogP contribution is 2.35. The quantitative estimate of drug-likeness (QED) is 0.884. The summed E-state index contributed by atoms with van der Waals surface area (Å²) in [5.74, 6) is 0.556. The van der Waals surface area contributed by atoms with Crippen molar-refractivity contribution in [2.75, 3.05) is 13.2 Å². The van der Waals surface area contributed by atoms with Crippen LogP contribution in [0.2, 0.25) is 0 Å². The van der Waals surface area contributed by atoms with Gasteiger partial charge in [0.2, 0.25) is 0 Å². The first-order valence-electron chi connectivity index (χ1n) is 6.74. The zero-order chi connectivity index (χ0) is 14.8. The lowest BCUT2D eigenvalue weighted by atomic mass is 9.97. The summed E-state index contributed by atoms with van der Waals surface area (Å²) in [6.07, 6.45) is 0.461. The Morgan fingerprint density at radius 2 is 2.00 bits per heavy atom. The molecule has 110 valence electrons. The Labute approximate surface area is 118 Å². The second kappa shape index (κ2) is 5.71. The Morgan fingerprint density at radius 1 is 1.35 bits per heavy atom. The number of hydrogen-bond acceptors (Lipinski definition) is 4. The predicted octanol–water partition coefficient (Wildman–Crippen LogP) is 2.35. The van der Waals surface area contributed by atoms with Crippen LogP contribution in [0.25, 0.3) is 0 Å². The maximum atomic E-state index is 10.6. The van der Waals surface area contributed by atoms with Crippen molar-refractivity contribution in [1.82, 2.24) is 0 Å². The number of rotatable bonds is 4. The fourth-order valence-corrected chi connectivity index (χ4v) is 2.02. The minimum Gasteiger partial charge on any atom is -0.489 e. The van der Waals surface area contributed by atoms with E-state index < -0.39 is 5.97 Å². The van der Waals surface area contributed by atoms with Gasteiger partial charge in [-0.05, 0) is 24.1 Å². The van der Waals surface area contributed by atoms with Gasteiger partial charge in [0.25, 0.3) is 0 Å². The predicted molar refractivity (Wildman–Crippen MR) is 75.0 cm³/mol. The van der Waals surface area contributed by atoms with Gasteiger partial charge < -0.3 is 20.3 Å². The number of benzene rings is 1. The molecule has 5 heteroatoms. The van der Waals surface area contributed by atoms with Gasteiger partial charge in [0.15, 0.2) is 11.5 Å². The van der Waals surface area contributed by atoms with Gasteiger partial charge in [-0.2, -0.15) is 0 Å². The molecule has 20 heavy (non-hydrogen) atoms. The molecule has 1 aliphatic rings. The molecule has 0 saturated carbocycles. The van der Waals surface area contributed by atoms with E-state index in [9.17, 15) is 4.79 Å². The number of carbonyl (C=O) groups is 1. The van der Waals surface area contributed by atoms with Crippen LogP contribution >= 0.6 is 0 Å². The van der Waals surface area contributed by atoms with Crippen LogP contribution in [0.1, 0.15) is 38.3 Å². The summed E-state index contributed by atoms with van der Waals surface area (Å²) in [6.45, 7) is 5.34. The van der Waals surface area contributed by atoms with Crippen LogP contribution in [0.5, 0.6) is 11.5 Å². The van der Waals surface area contributed by atoms with Crippen LogP contribution in [0.4, 0.5) is 0 Å². The van der Waals surface area contributed by atoms with Gasteiger partial charge in [-0.1, -0.05) is 19.9 Å². The van der Waals surface area contributed by atoms with Crippen LogP contribution in [0, 0.1) is 5.41 Å². The van der Waals surface area contributed by atoms with Crippen molar-refractivity contribution in [2.45, 2.75) is 32.7 Å². The topological polar surface area (TPSA) is 81.8 Å². The first kappa shape index (κ1) is 14.7. The summed E-state index contributed by atoms with van der Waals surface area (Å²) >= 11 is 0. The van der Waals surface area contributed by atoms with Crippen molar-refractivity contribution >= 4 is 5.97 Å². The molecule has 0 bridgehead atoms. The van der Waals surface area contributed by atoms with Crippen molar-refractivity contribution in [1.29, 1.82) is 0 Å². The Morgan fingerprint density at radius 3 is 2.65 bits per heavy atom. The number of carboxylic acid groups (broad SMARTS) is 1. The number of ether oxygens (including phenoxy) is 2. The number of carboxylic acids is 1. The van der Waals surface area contributed by atoms with Gasteiger partial charge in [0.05, 0.1) is 13.2 Å². The number of aliphatic carboxylic acids is 1. The Kier molecular flexibility index (Phi) is 4.18. The largest absolute Gasteiger partial charge is 0.489 e. The van der Waals surface area contributed by atoms with Crippen LogP contribution in [-0.4, -0.2) is 24.3 Å². The minimum atomic E-state index is -0.837. The van der Waals surface area contributed by atoms with E-state index in [2.05, 4.69) is 13.8 Å². The van der Waals surface area contributed by atoms with Crippen LogP contribution in [-0.2, 0) is 4.79 Å². The molecule has 3 N–H and O–H groups in total. The molecule has 1 aromatic rings. The van der Waals surface area contributed by atoms with Gasteiger partial charge >= 0.3 is 5.97 Å². The summed E-state index contributed by atoms with van der Waals surface area (Å²) in [7, 11) is 0. The van der Waals surface area contributed by atoms with Gasteiger partial charge in [-0.3, -0.25) is 4.79 Å². The van der Waals surface area contributed by atoms with Crippen molar-refractivity contribution in [3.8, 4) is 11.5 Å². The van der Waals surface area contributed by atoms with E-state index in [1.54, 1.807) is 0 Å². The Hall–Kier alpha value is -1.75. The molecule has 1 heterocycles. The molecule has 0 spiro atoms. The molecule has 1 aliphatic heterocycles. The maximum absolute atomic E-state index is 10.6. The summed E-state index contributed by atoms with van der Waals surface area (Å²) in [4.78, 5) is 10.6. The summed E-state index contributed by atoms with van der Waals surface area (Å²) in [6, 6.07) is 5.25. The normalized spacial score (nSPS) is 18.1. The zero-order valence-electron chi connectivity index (χ0n) is 11.9. The highest BCUT2D eigenvalue weighted by atomic mass is 16.5. The number of hydrogen-bond donors (Lipinski definition) is 2. The van der Waals surface area contributed by atoms with Crippen LogP contribution in [0.15, 0.2) is 18.2 Å². The standard InChI is InChI=1S/C15H21NO4/c1-15(2)8-19-12-5-3-10(7-13(12)20-9-15)11(16)4-6-14(17)18/h3,5,7,11H,4,6,8-9,16H2,1-2H3,(H,17,18). The molecule has 0 saturated heterocycles. The first-order valence-corrected chi connectivity index (χ1v) is 6.74. The average Bonchev–Trinajstić information content (AvgIpc) is 2.55. The van der Waals surface area contributed by atoms with Gasteiger partial charge in [-0.15, -0.1) is 0 Å². The lowest BCUT2D eigenvalue weighted by Gasteiger charge is -2.19. The lowest BCUT2D eigenvalue weighted by Crippen LogP contribution is -2.26. The third kappa shape index (κ3) is 3.63. The second-order valence-corrected chi connectivity index (χ2v) is 5.99. The smallest absolute Gasteiger partial charge is 0.303 e. The maximum Gasteiger partial charge on any atom is 0.303 e. The summed E-state index contributed by atoms with van der Waals surface area (Å²) in [5.41, 5.74) is 6.84. The molecule has 0 aromatic heterocycles. The summed E-state index contributed by atoms with van der Waals surface area (Å²) < 4.78 is 11.5. The average molecular weight is 279 g/mol. The highest BCUT2D eigenvalue weighted by molar-refractivity contribution is 5.66. The molecule has 0 fully saturated rings. The zero-order valence-corrected chi connectivity index (χ0v) is 11.9. The highest BCUT2D eigenvalue weighted by Gasteiger charge is 2.25. The minimum absolute atomic E-state index is 0.0371. The van der Waals surface area contributed by atoms with Crippen LogP contribution < -0.4 is 15.2 Å². The molecular weight excluding hydrogens is 258 g/mol. The molecule has 5 nitrogen and oxygen atoms in total. The van der Waals surface area contributed by atoms with Gasteiger partial charge in [-0.25, -0.2) is 0 Å². The summed E-state index contributed by atoms with van der Waals surface area (Å²) in [5, 5.41) is 8.70. The third-order valence-electron chi connectivity index (χ3n) is 3.30.